The predicted molar refractivity (Wildman–Crippen MR) is 96.9 cm³/mol. The molecule has 4 atom stereocenters. The van der Waals surface area contributed by atoms with Crippen LogP contribution in [0.15, 0.2) is 36.4 Å². The Labute approximate surface area is 156 Å². The highest BCUT2D eigenvalue weighted by atomic mass is 16.5. The molecule has 142 valence electrons. The number of hydrogen-bond donors (Lipinski definition) is 3. The van der Waals surface area contributed by atoms with Crippen LogP contribution < -0.4 is 15.5 Å². The van der Waals surface area contributed by atoms with E-state index in [4.69, 9.17) is 9.84 Å². The van der Waals surface area contributed by atoms with Gasteiger partial charge in [-0.25, -0.2) is 0 Å². The molecule has 2 bridgehead atoms. The van der Waals surface area contributed by atoms with Crippen molar-refractivity contribution in [2.75, 3.05) is 29.9 Å². The van der Waals surface area contributed by atoms with Gasteiger partial charge in [0, 0.05) is 24.8 Å². The van der Waals surface area contributed by atoms with Crippen molar-refractivity contribution in [2.45, 2.75) is 18.6 Å². The predicted octanol–water partition coefficient (Wildman–Crippen LogP) is 0.0399. The number of aliphatic hydroxyl groups excluding tert-OH is 1. The van der Waals surface area contributed by atoms with E-state index in [0.717, 1.165) is 0 Å². The summed E-state index contributed by atoms with van der Waals surface area (Å²) in [6, 6.07) is 6.99. The van der Waals surface area contributed by atoms with Crippen molar-refractivity contribution in [3.63, 3.8) is 0 Å². The zero-order chi connectivity index (χ0) is 19.2. The summed E-state index contributed by atoms with van der Waals surface area (Å²) in [4.78, 5) is 38.4. The number of benzene rings is 1. The maximum absolute atomic E-state index is 13.1. The number of ether oxygens (including phenoxy) is 1. The third-order valence-corrected chi connectivity index (χ3v) is 5.31. The monoisotopic (exact) mass is 371 g/mol. The van der Waals surface area contributed by atoms with Crippen molar-refractivity contribution in [3.05, 3.63) is 36.4 Å². The van der Waals surface area contributed by atoms with Crippen molar-refractivity contribution in [1.29, 1.82) is 0 Å². The van der Waals surface area contributed by atoms with Crippen molar-refractivity contribution in [1.82, 2.24) is 5.32 Å². The molecule has 4 rings (SSSR count). The van der Waals surface area contributed by atoms with E-state index in [1.54, 1.807) is 29.2 Å². The lowest BCUT2D eigenvalue weighted by atomic mass is 9.77. The summed E-state index contributed by atoms with van der Waals surface area (Å²) in [7, 11) is 0. The van der Waals surface area contributed by atoms with E-state index in [1.807, 2.05) is 12.2 Å². The van der Waals surface area contributed by atoms with Gasteiger partial charge in [0.25, 0.3) is 0 Å². The van der Waals surface area contributed by atoms with Crippen molar-refractivity contribution in [3.8, 4) is 0 Å². The Morgan fingerprint density at radius 1 is 1.33 bits per heavy atom. The number of aliphatic hydroxyl groups is 1. The van der Waals surface area contributed by atoms with Gasteiger partial charge >= 0.3 is 0 Å². The largest absolute Gasteiger partial charge is 0.395 e. The first kappa shape index (κ1) is 17.7. The Hall–Kier alpha value is -2.71. The van der Waals surface area contributed by atoms with Crippen molar-refractivity contribution < 1.29 is 24.2 Å². The zero-order valence-electron chi connectivity index (χ0n) is 14.8. The minimum atomic E-state index is -0.792. The number of hydrogen-bond acceptors (Lipinski definition) is 5. The van der Waals surface area contributed by atoms with Crippen LogP contribution in [0.3, 0.4) is 0 Å². The Morgan fingerprint density at radius 3 is 2.74 bits per heavy atom. The molecule has 3 heterocycles. The standard InChI is InChI=1S/C19H21N3O5/c1-11(24)21-12-2-4-13(5-3-12)22-10-19-7-6-14(27-19)15(16(19)18(22)26)17(25)20-8-9-23/h2-7,14-16,23H,8-10H2,1H3,(H,20,25)(H,21,24)/t14-,15+,16+,19-/m0/s1. The fraction of sp³-hybridized carbons (Fsp3) is 0.421. The minimum absolute atomic E-state index is 0.147. The first-order chi connectivity index (χ1) is 12.9. The second-order valence-corrected chi connectivity index (χ2v) is 7.07. The summed E-state index contributed by atoms with van der Waals surface area (Å²) in [6.07, 6.45) is 3.32. The van der Waals surface area contributed by atoms with Gasteiger partial charge < -0.3 is 25.4 Å². The quantitative estimate of drug-likeness (QED) is 0.634. The van der Waals surface area contributed by atoms with Crippen LogP contribution in [0.2, 0.25) is 0 Å². The van der Waals surface area contributed by atoms with Gasteiger partial charge in [-0.15, -0.1) is 0 Å². The maximum atomic E-state index is 13.1. The van der Waals surface area contributed by atoms with E-state index >= 15 is 0 Å². The van der Waals surface area contributed by atoms with Crippen LogP contribution in [0.25, 0.3) is 0 Å². The van der Waals surface area contributed by atoms with Crippen LogP contribution in [0.1, 0.15) is 6.92 Å². The summed E-state index contributed by atoms with van der Waals surface area (Å²) < 4.78 is 6.04. The van der Waals surface area contributed by atoms with Gasteiger partial charge in [-0.05, 0) is 24.3 Å². The van der Waals surface area contributed by atoms with Crippen LogP contribution in [0, 0.1) is 11.8 Å². The van der Waals surface area contributed by atoms with Crippen LogP contribution in [0.5, 0.6) is 0 Å². The van der Waals surface area contributed by atoms with Crippen LogP contribution >= 0.6 is 0 Å². The SMILES string of the molecule is CC(=O)Nc1ccc(N2C[C@]34C=C[C@H](O3)[C@@H](C(=O)NCCO)[C@@H]4C2=O)cc1. The lowest BCUT2D eigenvalue weighted by molar-refractivity contribution is -0.132. The Bertz CT molecular complexity index is 821. The van der Waals surface area contributed by atoms with Gasteiger partial charge in [0.2, 0.25) is 17.7 Å². The van der Waals surface area contributed by atoms with Crippen molar-refractivity contribution >= 4 is 29.1 Å². The van der Waals surface area contributed by atoms with Gasteiger partial charge in [0.15, 0.2) is 0 Å². The van der Waals surface area contributed by atoms with Gasteiger partial charge in [-0.1, -0.05) is 12.2 Å². The maximum Gasteiger partial charge on any atom is 0.234 e. The van der Waals surface area contributed by atoms with E-state index in [1.165, 1.54) is 6.92 Å². The van der Waals surface area contributed by atoms with Crippen LogP contribution in [-0.2, 0) is 19.1 Å². The van der Waals surface area contributed by atoms with E-state index < -0.39 is 23.5 Å². The van der Waals surface area contributed by atoms with Gasteiger partial charge in [0.05, 0.1) is 31.1 Å². The molecule has 1 spiro atoms. The van der Waals surface area contributed by atoms with Crippen LogP contribution in [-0.4, -0.2) is 54.2 Å². The number of rotatable bonds is 5. The average Bonchev–Trinajstić information content (AvgIpc) is 3.28. The smallest absolute Gasteiger partial charge is 0.234 e. The first-order valence-corrected chi connectivity index (χ1v) is 8.90. The molecule has 0 radical (unpaired) electrons. The summed E-state index contributed by atoms with van der Waals surface area (Å²) in [5.41, 5.74) is 0.543. The second-order valence-electron chi connectivity index (χ2n) is 7.07. The van der Waals surface area contributed by atoms with E-state index in [9.17, 15) is 14.4 Å². The molecule has 3 amide bonds. The Balaban J connectivity index is 1.57. The van der Waals surface area contributed by atoms with Gasteiger partial charge in [-0.2, -0.15) is 0 Å². The fourth-order valence-electron chi connectivity index (χ4n) is 4.24. The fourth-order valence-corrected chi connectivity index (χ4v) is 4.24. The lowest BCUT2D eigenvalue weighted by Gasteiger charge is -2.23. The number of nitrogens with one attached hydrogen (secondary N) is 2. The third kappa shape index (κ3) is 2.81. The molecule has 0 unspecified atom stereocenters. The molecule has 3 aliphatic heterocycles. The highest BCUT2D eigenvalue weighted by Gasteiger charge is 2.66. The number of carbonyl (C=O) groups is 3. The highest BCUT2D eigenvalue weighted by Crippen LogP contribution is 2.52. The van der Waals surface area contributed by atoms with Crippen molar-refractivity contribution in [2.24, 2.45) is 11.8 Å². The number of amides is 3. The normalized spacial score (nSPS) is 30.5. The minimum Gasteiger partial charge on any atom is -0.395 e. The van der Waals surface area contributed by atoms with E-state index in [-0.39, 0.29) is 30.9 Å². The molecular formula is C19H21N3O5. The summed E-state index contributed by atoms with van der Waals surface area (Å²) in [6.45, 7) is 1.76. The molecule has 3 aliphatic rings. The topological polar surface area (TPSA) is 108 Å². The highest BCUT2D eigenvalue weighted by molar-refractivity contribution is 6.03. The molecule has 8 heteroatoms. The molecule has 0 aromatic heterocycles. The second kappa shape index (κ2) is 6.47. The molecule has 1 aromatic rings. The molecule has 8 nitrogen and oxygen atoms in total. The van der Waals surface area contributed by atoms with Gasteiger partial charge in [0.1, 0.15) is 5.60 Å². The molecule has 0 saturated carbocycles. The third-order valence-electron chi connectivity index (χ3n) is 5.31. The number of nitrogens with zero attached hydrogens (tertiary/aromatic N) is 1. The summed E-state index contributed by atoms with van der Waals surface area (Å²) in [5.74, 6) is -1.78. The zero-order valence-corrected chi connectivity index (χ0v) is 14.8. The van der Waals surface area contributed by atoms with Crippen LogP contribution in [0.4, 0.5) is 11.4 Å². The number of fused-ring (bicyclic) bond motifs is 1. The molecule has 27 heavy (non-hydrogen) atoms. The molecule has 3 N–H and O–H groups in total. The summed E-state index contributed by atoms with van der Waals surface area (Å²) in [5, 5.41) is 14.3. The number of carbonyl (C=O) groups excluding carboxylic acids is 3. The number of anilines is 2. The molecule has 0 aliphatic carbocycles. The molecule has 2 fully saturated rings. The molecule has 2 saturated heterocycles. The lowest BCUT2D eigenvalue weighted by Crippen LogP contribution is -2.44. The van der Waals surface area contributed by atoms with E-state index in [0.29, 0.717) is 17.9 Å². The summed E-state index contributed by atoms with van der Waals surface area (Å²) >= 11 is 0. The Morgan fingerprint density at radius 2 is 2.07 bits per heavy atom. The van der Waals surface area contributed by atoms with E-state index in [2.05, 4.69) is 10.6 Å². The van der Waals surface area contributed by atoms with Gasteiger partial charge in [-0.3, -0.25) is 14.4 Å². The molecule has 1 aromatic carbocycles. The average molecular weight is 371 g/mol. The molecular weight excluding hydrogens is 350 g/mol. The first-order valence-electron chi connectivity index (χ1n) is 8.90. The Kier molecular flexibility index (Phi) is 4.24.